The Labute approximate surface area is 171 Å². The van der Waals surface area contributed by atoms with E-state index in [1.807, 2.05) is 25.2 Å². The lowest BCUT2D eigenvalue weighted by Gasteiger charge is -2.30. The molecule has 2 heterocycles. The largest absolute Gasteiger partial charge is 0.322 e. The summed E-state index contributed by atoms with van der Waals surface area (Å²) < 4.78 is 0. The minimum atomic E-state index is -0.559. The molecule has 0 aromatic heterocycles. The fraction of sp³-hybridized carbons (Fsp3) is 0.591. The molecule has 4 rings (SSSR count). The fourth-order valence-electron chi connectivity index (χ4n) is 4.95. The highest BCUT2D eigenvalue weighted by molar-refractivity contribution is 6.05. The predicted octanol–water partition coefficient (Wildman–Crippen LogP) is 1.32. The third-order valence-corrected chi connectivity index (χ3v) is 6.56. The van der Waals surface area contributed by atoms with Crippen molar-refractivity contribution in [3.8, 4) is 0 Å². The van der Waals surface area contributed by atoms with E-state index in [1.165, 1.54) is 12.8 Å². The van der Waals surface area contributed by atoms with Crippen molar-refractivity contribution in [3.63, 3.8) is 0 Å². The molecule has 1 unspecified atom stereocenters. The fourth-order valence-corrected chi connectivity index (χ4v) is 4.95. The maximum atomic E-state index is 13.1. The molecule has 3 N–H and O–H groups in total. The second-order valence-electron chi connectivity index (χ2n) is 8.51. The average Bonchev–Trinajstić information content (AvgIpc) is 3.05. The molecule has 0 bridgehead atoms. The number of benzene rings is 1. The van der Waals surface area contributed by atoms with Crippen LogP contribution in [0.25, 0.3) is 0 Å². The maximum absolute atomic E-state index is 13.1. The van der Waals surface area contributed by atoms with E-state index in [2.05, 4.69) is 16.0 Å². The van der Waals surface area contributed by atoms with Crippen LogP contribution < -0.4 is 16.0 Å². The SMILES string of the molecule is CNCC1CCC(NCc2cccc3c2C(=O)N(C2CCC(=O)NC2=O)C3)CC1. The molecule has 1 saturated carbocycles. The molecule has 3 aliphatic rings. The minimum absolute atomic E-state index is 0.0929. The zero-order valence-electron chi connectivity index (χ0n) is 17.0. The van der Waals surface area contributed by atoms with Crippen LogP contribution in [0, 0.1) is 5.92 Å². The normalized spacial score (nSPS) is 27.1. The number of amides is 3. The van der Waals surface area contributed by atoms with Gasteiger partial charge < -0.3 is 15.5 Å². The Bertz CT molecular complexity index is 801. The highest BCUT2D eigenvalue weighted by atomic mass is 16.2. The number of piperidine rings is 1. The second kappa shape index (κ2) is 8.63. The molecule has 2 aliphatic heterocycles. The molecule has 156 valence electrons. The molecule has 0 radical (unpaired) electrons. The number of carbonyl (C=O) groups excluding carboxylic acids is 3. The molecule has 7 heteroatoms. The number of hydrogen-bond acceptors (Lipinski definition) is 5. The van der Waals surface area contributed by atoms with Gasteiger partial charge in [0.25, 0.3) is 5.91 Å². The molecular weight excluding hydrogens is 368 g/mol. The number of hydrogen-bond donors (Lipinski definition) is 3. The topological polar surface area (TPSA) is 90.5 Å². The van der Waals surface area contributed by atoms with Crippen molar-refractivity contribution in [2.45, 2.75) is 63.7 Å². The van der Waals surface area contributed by atoms with Gasteiger partial charge in [-0.2, -0.15) is 0 Å². The lowest BCUT2D eigenvalue weighted by molar-refractivity contribution is -0.136. The van der Waals surface area contributed by atoms with Gasteiger partial charge in [0.05, 0.1) is 0 Å². The van der Waals surface area contributed by atoms with E-state index in [1.54, 1.807) is 4.90 Å². The highest BCUT2D eigenvalue weighted by Gasteiger charge is 2.39. The van der Waals surface area contributed by atoms with Gasteiger partial charge in [-0.15, -0.1) is 0 Å². The second-order valence-corrected chi connectivity index (χ2v) is 8.51. The Morgan fingerprint density at radius 3 is 2.62 bits per heavy atom. The zero-order chi connectivity index (χ0) is 20.4. The van der Waals surface area contributed by atoms with Gasteiger partial charge in [0.1, 0.15) is 6.04 Å². The molecule has 1 atom stereocenters. The van der Waals surface area contributed by atoms with Crippen LogP contribution >= 0.6 is 0 Å². The standard InChI is InChI=1S/C22H30N4O3/c1-23-11-14-5-7-17(8-6-14)24-12-15-3-2-4-16-13-26(22(29)20(15)16)18-9-10-19(27)25-21(18)28/h2-4,14,17-18,23-24H,5-13H2,1H3,(H,25,27,28). The molecule has 3 amide bonds. The van der Waals surface area contributed by atoms with Gasteiger partial charge in [-0.25, -0.2) is 0 Å². The number of carbonyl (C=O) groups is 3. The van der Waals surface area contributed by atoms with Gasteiger partial charge in [-0.3, -0.25) is 19.7 Å². The lowest BCUT2D eigenvalue weighted by atomic mass is 9.86. The molecule has 1 aromatic carbocycles. The zero-order valence-corrected chi connectivity index (χ0v) is 17.0. The molecule has 1 aliphatic carbocycles. The maximum Gasteiger partial charge on any atom is 0.255 e. The van der Waals surface area contributed by atoms with Crippen LogP contribution in [0.15, 0.2) is 18.2 Å². The summed E-state index contributed by atoms with van der Waals surface area (Å²) in [7, 11) is 2.01. The first kappa shape index (κ1) is 20.0. The molecular formula is C22H30N4O3. The summed E-state index contributed by atoms with van der Waals surface area (Å²) in [5.41, 5.74) is 2.70. The van der Waals surface area contributed by atoms with Crippen LogP contribution in [0.1, 0.15) is 60.0 Å². The van der Waals surface area contributed by atoms with Crippen LogP contribution in [0.3, 0.4) is 0 Å². The van der Waals surface area contributed by atoms with Gasteiger partial charge in [0.2, 0.25) is 11.8 Å². The molecule has 7 nitrogen and oxygen atoms in total. The van der Waals surface area contributed by atoms with Crippen LogP contribution in [0.4, 0.5) is 0 Å². The summed E-state index contributed by atoms with van der Waals surface area (Å²) in [4.78, 5) is 38.4. The van der Waals surface area contributed by atoms with Crippen LogP contribution in [0.5, 0.6) is 0 Å². The first-order valence-electron chi connectivity index (χ1n) is 10.7. The van der Waals surface area contributed by atoms with Gasteiger partial charge >= 0.3 is 0 Å². The van der Waals surface area contributed by atoms with Crippen LogP contribution in [-0.2, 0) is 22.7 Å². The summed E-state index contributed by atoms with van der Waals surface area (Å²) in [6.07, 6.45) is 5.46. The third-order valence-electron chi connectivity index (χ3n) is 6.56. The molecule has 1 aromatic rings. The van der Waals surface area contributed by atoms with E-state index < -0.39 is 6.04 Å². The molecule has 0 spiro atoms. The molecule has 29 heavy (non-hydrogen) atoms. The molecule has 2 fully saturated rings. The van der Waals surface area contributed by atoms with Gasteiger partial charge in [-0.05, 0) is 62.7 Å². The van der Waals surface area contributed by atoms with E-state index in [0.717, 1.165) is 42.0 Å². The highest BCUT2D eigenvalue weighted by Crippen LogP contribution is 2.30. The van der Waals surface area contributed by atoms with E-state index in [4.69, 9.17) is 0 Å². The Hall–Kier alpha value is -2.25. The average molecular weight is 399 g/mol. The van der Waals surface area contributed by atoms with Crippen molar-refractivity contribution in [1.82, 2.24) is 20.9 Å². The Balaban J connectivity index is 1.40. The summed E-state index contributed by atoms with van der Waals surface area (Å²) in [6, 6.07) is 5.88. The molecule has 1 saturated heterocycles. The first-order valence-corrected chi connectivity index (χ1v) is 10.7. The van der Waals surface area contributed by atoms with Gasteiger partial charge in [-0.1, -0.05) is 18.2 Å². The van der Waals surface area contributed by atoms with Crippen molar-refractivity contribution < 1.29 is 14.4 Å². The van der Waals surface area contributed by atoms with Gasteiger partial charge in [0, 0.05) is 31.1 Å². The summed E-state index contributed by atoms with van der Waals surface area (Å²) in [5.74, 6) is 0.0532. The van der Waals surface area contributed by atoms with Gasteiger partial charge in [0.15, 0.2) is 0 Å². The number of nitrogens with zero attached hydrogens (tertiary/aromatic N) is 1. The minimum Gasteiger partial charge on any atom is -0.322 e. The van der Waals surface area contributed by atoms with Crippen molar-refractivity contribution in [2.75, 3.05) is 13.6 Å². The van der Waals surface area contributed by atoms with E-state index >= 15 is 0 Å². The first-order chi connectivity index (χ1) is 14.1. The van der Waals surface area contributed by atoms with Crippen molar-refractivity contribution in [1.29, 1.82) is 0 Å². The predicted molar refractivity (Wildman–Crippen MR) is 109 cm³/mol. The Kier molecular flexibility index (Phi) is 5.96. The van der Waals surface area contributed by atoms with Crippen LogP contribution in [0.2, 0.25) is 0 Å². The number of rotatable bonds is 6. The Morgan fingerprint density at radius 1 is 1.10 bits per heavy atom. The van der Waals surface area contributed by atoms with Crippen molar-refractivity contribution >= 4 is 17.7 Å². The van der Waals surface area contributed by atoms with E-state index in [9.17, 15) is 14.4 Å². The number of imide groups is 1. The smallest absolute Gasteiger partial charge is 0.255 e. The number of nitrogens with one attached hydrogen (secondary N) is 3. The third kappa shape index (κ3) is 4.21. The quantitative estimate of drug-likeness (QED) is 0.629. The Morgan fingerprint density at radius 2 is 1.90 bits per heavy atom. The summed E-state index contributed by atoms with van der Waals surface area (Å²) in [6.45, 7) is 2.19. The van der Waals surface area contributed by atoms with E-state index in [-0.39, 0.29) is 24.1 Å². The lowest BCUT2D eigenvalue weighted by Crippen LogP contribution is -2.52. The summed E-state index contributed by atoms with van der Waals surface area (Å²) in [5, 5.41) is 9.28. The van der Waals surface area contributed by atoms with Crippen molar-refractivity contribution in [2.24, 2.45) is 5.92 Å². The monoisotopic (exact) mass is 398 g/mol. The van der Waals surface area contributed by atoms with E-state index in [0.29, 0.717) is 25.6 Å². The number of fused-ring (bicyclic) bond motifs is 1. The van der Waals surface area contributed by atoms with Crippen LogP contribution in [-0.4, -0.2) is 48.3 Å². The van der Waals surface area contributed by atoms with Crippen molar-refractivity contribution in [3.05, 3.63) is 34.9 Å². The summed E-state index contributed by atoms with van der Waals surface area (Å²) >= 11 is 0.